The van der Waals surface area contributed by atoms with Gasteiger partial charge >= 0.3 is 29.6 Å². The smallest absolute Gasteiger partial charge is 0.331 e. The molecule has 0 amide bonds. The van der Waals surface area contributed by atoms with Gasteiger partial charge in [0, 0.05) is 89.2 Å². The zero-order valence-electron chi connectivity index (χ0n) is 33.4. The van der Waals surface area contributed by atoms with Gasteiger partial charge in [-0.05, 0) is 25.3 Å². The van der Waals surface area contributed by atoms with E-state index in [0.717, 1.165) is 0 Å². The van der Waals surface area contributed by atoms with Crippen LogP contribution in [0.2, 0.25) is 0 Å². The van der Waals surface area contributed by atoms with Crippen LogP contribution in [-0.2, 0) is 32.3 Å². The van der Waals surface area contributed by atoms with Crippen molar-refractivity contribution in [1.29, 1.82) is 0 Å². The molecule has 4 atom stereocenters. The Balaban J connectivity index is 1.25. The molecular formula is C38H53N9O12S. The highest BCUT2D eigenvalue weighted by atomic mass is 32.2. The van der Waals surface area contributed by atoms with Crippen LogP contribution in [0.15, 0.2) is 46.2 Å². The molecule has 0 radical (unpaired) electrons. The summed E-state index contributed by atoms with van der Waals surface area (Å²) in [5.41, 5.74) is 1.17. The normalized spacial score (nSPS) is 20.9. The number of carboxylic acid groups (broad SMARTS) is 4. The van der Waals surface area contributed by atoms with Gasteiger partial charge in [0.2, 0.25) is 0 Å². The van der Waals surface area contributed by atoms with Crippen molar-refractivity contribution in [2.75, 3.05) is 78.6 Å². The summed E-state index contributed by atoms with van der Waals surface area (Å²) in [7, 11) is 0. The maximum absolute atomic E-state index is 13.3. The Morgan fingerprint density at radius 3 is 1.82 bits per heavy atom. The predicted octanol–water partition coefficient (Wildman–Crippen LogP) is -0.984. The fourth-order valence-corrected chi connectivity index (χ4v) is 8.87. The molecule has 0 aliphatic carbocycles. The fourth-order valence-electron chi connectivity index (χ4n) is 7.50. The van der Waals surface area contributed by atoms with Crippen LogP contribution in [0.1, 0.15) is 41.8 Å². The lowest BCUT2D eigenvalue weighted by molar-refractivity contribution is -0.145. The van der Waals surface area contributed by atoms with Crippen LogP contribution in [0.25, 0.3) is 11.3 Å². The molecule has 21 nitrogen and oxygen atoms in total. The number of aliphatic hydroxyl groups is 2. The third-order valence-electron chi connectivity index (χ3n) is 10.7. The number of carboxylic acids is 4. The number of thioether (sulfide) groups is 1. The molecule has 0 bridgehead atoms. The molecule has 60 heavy (non-hydrogen) atoms. The van der Waals surface area contributed by atoms with Crippen LogP contribution in [0.5, 0.6) is 0 Å². The highest BCUT2D eigenvalue weighted by molar-refractivity contribution is 8.00. The quantitative estimate of drug-likeness (QED) is 0.0890. The number of carbonyl (C=O) groups is 4. The van der Waals surface area contributed by atoms with E-state index in [1.807, 2.05) is 0 Å². The number of hydrogen-bond donors (Lipinski definition) is 6. The van der Waals surface area contributed by atoms with Crippen molar-refractivity contribution in [3.8, 4) is 11.3 Å². The minimum absolute atomic E-state index is 0.129. The van der Waals surface area contributed by atoms with Crippen LogP contribution in [0.4, 0.5) is 0 Å². The van der Waals surface area contributed by atoms with E-state index in [-0.39, 0.29) is 97.1 Å². The van der Waals surface area contributed by atoms with E-state index in [4.69, 9.17) is 0 Å². The number of aryl methyl sites for hydroxylation is 2. The van der Waals surface area contributed by atoms with Gasteiger partial charge in [-0.2, -0.15) is 0 Å². The van der Waals surface area contributed by atoms with E-state index < -0.39 is 52.3 Å². The lowest BCUT2D eigenvalue weighted by Gasteiger charge is -2.35. The summed E-state index contributed by atoms with van der Waals surface area (Å²) in [5, 5.41) is 66.5. The van der Waals surface area contributed by atoms with Crippen LogP contribution in [-0.4, -0.2) is 188 Å². The van der Waals surface area contributed by atoms with Gasteiger partial charge in [0.25, 0.3) is 5.56 Å². The van der Waals surface area contributed by atoms with Crippen LogP contribution >= 0.6 is 11.8 Å². The molecule has 2 aliphatic rings. The molecule has 3 unspecified atom stereocenters. The Morgan fingerprint density at radius 2 is 1.32 bits per heavy atom. The summed E-state index contributed by atoms with van der Waals surface area (Å²) in [6.45, 7) is 2.47. The lowest BCUT2D eigenvalue weighted by Crippen LogP contribution is -2.49. The number of aromatic nitrogens is 5. The van der Waals surface area contributed by atoms with Crippen molar-refractivity contribution in [2.45, 2.75) is 62.0 Å². The van der Waals surface area contributed by atoms with E-state index in [1.54, 1.807) is 61.7 Å². The van der Waals surface area contributed by atoms with E-state index in [9.17, 15) is 59.4 Å². The largest absolute Gasteiger partial charge is 0.480 e. The van der Waals surface area contributed by atoms with Crippen molar-refractivity contribution in [3.05, 3.63) is 68.6 Å². The van der Waals surface area contributed by atoms with Crippen molar-refractivity contribution in [2.24, 2.45) is 0 Å². The number of aliphatic hydroxyl groups excluding tert-OH is 2. The van der Waals surface area contributed by atoms with E-state index >= 15 is 0 Å². The Labute approximate surface area is 349 Å². The molecule has 6 N–H and O–H groups in total. The van der Waals surface area contributed by atoms with Crippen molar-refractivity contribution < 1.29 is 49.8 Å². The first-order chi connectivity index (χ1) is 28.6. The first-order valence-electron chi connectivity index (χ1n) is 19.7. The zero-order chi connectivity index (χ0) is 43.5. The molecule has 0 spiro atoms. The molecule has 3 aromatic rings. The van der Waals surface area contributed by atoms with Crippen molar-refractivity contribution >= 4 is 35.6 Å². The molecular weight excluding hydrogens is 807 g/mol. The summed E-state index contributed by atoms with van der Waals surface area (Å²) in [6, 6.07) is 5.61. The Bertz CT molecular complexity index is 2040. The molecule has 328 valence electrons. The van der Waals surface area contributed by atoms with Crippen molar-refractivity contribution in [3.63, 3.8) is 0 Å². The molecule has 2 saturated heterocycles. The number of rotatable bonds is 17. The highest BCUT2D eigenvalue weighted by Crippen LogP contribution is 2.40. The van der Waals surface area contributed by atoms with Gasteiger partial charge in [0.15, 0.2) is 0 Å². The van der Waals surface area contributed by atoms with Gasteiger partial charge in [0.1, 0.15) is 11.7 Å². The Morgan fingerprint density at radius 1 is 0.783 bits per heavy atom. The van der Waals surface area contributed by atoms with Gasteiger partial charge < -0.3 is 30.6 Å². The third kappa shape index (κ3) is 12.5. The van der Waals surface area contributed by atoms with Crippen LogP contribution in [0, 0.1) is 6.92 Å². The zero-order valence-corrected chi connectivity index (χ0v) is 34.2. The average Bonchev–Trinajstić information content (AvgIpc) is 3.82. The lowest BCUT2D eigenvalue weighted by atomic mass is 10.0. The minimum Gasteiger partial charge on any atom is -0.480 e. The highest BCUT2D eigenvalue weighted by Gasteiger charge is 2.35. The number of hydrogen-bond acceptors (Lipinski definition) is 15. The number of unbranched alkanes of at least 4 members (excludes halogenated alkanes) is 1. The number of aliphatic carboxylic acids is 4. The van der Waals surface area contributed by atoms with E-state index in [1.165, 1.54) is 27.1 Å². The molecule has 0 saturated carbocycles. The second-order valence-electron chi connectivity index (χ2n) is 15.1. The molecule has 1 aromatic carbocycles. The molecule has 2 fully saturated rings. The number of benzene rings is 1. The molecule has 5 rings (SSSR count). The fraction of sp³-hybridized carbons (Fsp3) is 0.579. The van der Waals surface area contributed by atoms with E-state index in [0.29, 0.717) is 41.8 Å². The van der Waals surface area contributed by atoms with Gasteiger partial charge in [0.05, 0.1) is 49.2 Å². The van der Waals surface area contributed by atoms with Gasteiger partial charge in [-0.3, -0.25) is 57.4 Å². The first-order valence-corrected chi connectivity index (χ1v) is 20.6. The maximum Gasteiger partial charge on any atom is 0.331 e. The first kappa shape index (κ1) is 46.1. The average molecular weight is 860 g/mol. The minimum atomic E-state index is -1.16. The van der Waals surface area contributed by atoms with Crippen LogP contribution < -0.4 is 11.2 Å². The van der Waals surface area contributed by atoms with Gasteiger partial charge in [-0.1, -0.05) is 29.5 Å². The standard InChI is InChI=1S/C38H53N9O12S/c1-25-19-47(31-18-29(49)30(24-48)60-31)38(59)46(36(25)56)9-3-2-8-45-20-28(39-40-45)26-4-6-27(7-5-26)35(37(57)58)44-16-14-42(22-33(52)53)12-10-41(21-32(50)51)11-13-43(15-17-44)23-34(54)55/h4-7,19-20,29-31,35,48-49H,2-3,8-18,21-24H2,1H3,(H,50,51)(H,52,53)(H,54,55)(H,57,58)/t29?,30-,31?,35?/m1/s1. The summed E-state index contributed by atoms with van der Waals surface area (Å²) in [6.07, 6.45) is 3.82. The second-order valence-corrected chi connectivity index (χ2v) is 16.5. The molecule has 2 aromatic heterocycles. The summed E-state index contributed by atoms with van der Waals surface area (Å²) < 4.78 is 4.29. The topological polar surface area (TPSA) is 277 Å². The SMILES string of the molecule is Cc1cn(C2CC(O)[C@@H](CO)S2)c(=O)n(CCCCn2cc(-c3ccc(C(C(=O)O)N4CCN(CC(=O)O)CCN(CC(=O)O)CCN(CC(=O)O)CC4)cc3)nn2)c1=O. The molecule has 22 heteroatoms. The summed E-state index contributed by atoms with van der Waals surface area (Å²) in [4.78, 5) is 80.5. The van der Waals surface area contributed by atoms with Crippen LogP contribution in [0.3, 0.4) is 0 Å². The van der Waals surface area contributed by atoms with Gasteiger partial charge in [-0.15, -0.1) is 16.9 Å². The van der Waals surface area contributed by atoms with Crippen molar-refractivity contribution in [1.82, 2.24) is 43.7 Å². The maximum atomic E-state index is 13.3. The van der Waals surface area contributed by atoms with Gasteiger partial charge in [-0.25, -0.2) is 4.79 Å². The van der Waals surface area contributed by atoms with E-state index in [2.05, 4.69) is 10.3 Å². The monoisotopic (exact) mass is 859 g/mol. The number of nitrogens with zero attached hydrogens (tertiary/aromatic N) is 9. The second kappa shape index (κ2) is 21.5. The molecule has 2 aliphatic heterocycles. The Hall–Kier alpha value is -4.97. The molecule has 4 heterocycles. The summed E-state index contributed by atoms with van der Waals surface area (Å²) in [5.74, 6) is -4.39. The Kier molecular flexibility index (Phi) is 16.5. The third-order valence-corrected chi connectivity index (χ3v) is 12.2. The predicted molar refractivity (Wildman–Crippen MR) is 217 cm³/mol. The summed E-state index contributed by atoms with van der Waals surface area (Å²) >= 11 is 1.30.